The van der Waals surface area contributed by atoms with Gasteiger partial charge in [0.2, 0.25) is 0 Å². The first kappa shape index (κ1) is 13.1. The molecule has 0 spiro atoms. The molecule has 0 atom stereocenters. The number of benzene rings is 1. The minimum absolute atomic E-state index is 0.260. The summed E-state index contributed by atoms with van der Waals surface area (Å²) in [6, 6.07) is 5.69. The van der Waals surface area contributed by atoms with Gasteiger partial charge in [-0.25, -0.2) is 4.79 Å². The Hall–Kier alpha value is -2.30. The highest BCUT2D eigenvalue weighted by Crippen LogP contribution is 2.16. The van der Waals surface area contributed by atoms with E-state index in [0.717, 1.165) is 23.4 Å². The number of aromatic nitrogens is 2. The van der Waals surface area contributed by atoms with Crippen LogP contribution in [0.1, 0.15) is 18.1 Å². The topological polar surface area (TPSA) is 59.0 Å². The van der Waals surface area contributed by atoms with Crippen molar-refractivity contribution in [2.24, 2.45) is 0 Å². The fraction of sp³-hybridized carbons (Fsp3) is 0.286. The van der Waals surface area contributed by atoms with E-state index in [4.69, 9.17) is 0 Å². The predicted molar refractivity (Wildman–Crippen MR) is 76.5 cm³/mol. The quantitative estimate of drug-likeness (QED) is 0.888. The average Bonchev–Trinajstić information content (AvgIpc) is 2.81. The van der Waals surface area contributed by atoms with Crippen molar-refractivity contribution < 1.29 is 4.79 Å². The van der Waals surface area contributed by atoms with Crippen LogP contribution in [0.4, 0.5) is 16.2 Å². The molecule has 0 saturated carbocycles. The van der Waals surface area contributed by atoms with Gasteiger partial charge in [0, 0.05) is 18.4 Å². The van der Waals surface area contributed by atoms with E-state index in [0.29, 0.717) is 5.69 Å². The Labute approximate surface area is 112 Å². The molecule has 1 aromatic carbocycles. The minimum atomic E-state index is -0.260. The van der Waals surface area contributed by atoms with Crippen molar-refractivity contribution in [3.8, 4) is 0 Å². The Balaban J connectivity index is 2.03. The van der Waals surface area contributed by atoms with Crippen molar-refractivity contribution in [1.82, 2.24) is 9.78 Å². The van der Waals surface area contributed by atoms with Crippen LogP contribution in [-0.2, 0) is 6.54 Å². The Bertz CT molecular complexity index is 589. The van der Waals surface area contributed by atoms with Gasteiger partial charge >= 0.3 is 6.03 Å². The summed E-state index contributed by atoms with van der Waals surface area (Å²) >= 11 is 0. The van der Waals surface area contributed by atoms with Gasteiger partial charge in [-0.05, 0) is 38.0 Å². The second-order valence-corrected chi connectivity index (χ2v) is 4.48. The number of carbonyl (C=O) groups is 1. The maximum atomic E-state index is 11.9. The number of anilines is 2. The molecule has 5 nitrogen and oxygen atoms in total. The molecule has 2 amide bonds. The summed E-state index contributed by atoms with van der Waals surface area (Å²) in [6.45, 7) is 6.73. The summed E-state index contributed by atoms with van der Waals surface area (Å²) in [6.07, 6.45) is 3.43. The van der Waals surface area contributed by atoms with Crippen LogP contribution in [0, 0.1) is 13.8 Å². The third kappa shape index (κ3) is 3.34. The molecule has 2 rings (SSSR count). The number of amides is 2. The molecule has 0 aliphatic carbocycles. The van der Waals surface area contributed by atoms with E-state index >= 15 is 0 Å². The van der Waals surface area contributed by atoms with E-state index in [-0.39, 0.29) is 6.03 Å². The highest BCUT2D eigenvalue weighted by molar-refractivity contribution is 6.00. The number of hydrogen-bond acceptors (Lipinski definition) is 2. The summed E-state index contributed by atoms with van der Waals surface area (Å²) in [5.74, 6) is 0. The molecule has 2 aromatic rings. The van der Waals surface area contributed by atoms with Crippen molar-refractivity contribution in [3.05, 3.63) is 41.7 Å². The molecule has 0 bridgehead atoms. The smallest absolute Gasteiger partial charge is 0.307 e. The molecule has 2 N–H and O–H groups in total. The number of hydrogen-bond donors (Lipinski definition) is 2. The zero-order chi connectivity index (χ0) is 13.8. The standard InChI is InChI=1S/C14H18N4O/c1-4-18-9-12(8-15-18)16-14(19)17-13-7-10(2)5-6-11(13)3/h5-9H,4H2,1-3H3,(H2,16,17,19). The zero-order valence-corrected chi connectivity index (χ0v) is 11.4. The summed E-state index contributed by atoms with van der Waals surface area (Å²) in [5.41, 5.74) is 3.65. The molecule has 0 unspecified atom stereocenters. The highest BCUT2D eigenvalue weighted by Gasteiger charge is 2.06. The van der Waals surface area contributed by atoms with Gasteiger partial charge in [-0.2, -0.15) is 5.10 Å². The van der Waals surface area contributed by atoms with Crippen molar-refractivity contribution in [3.63, 3.8) is 0 Å². The second kappa shape index (κ2) is 5.56. The molecular formula is C14H18N4O. The molecule has 0 aliphatic rings. The molecule has 0 saturated heterocycles. The Morgan fingerprint density at radius 1 is 1.32 bits per heavy atom. The second-order valence-electron chi connectivity index (χ2n) is 4.48. The number of aryl methyl sites for hydroxylation is 3. The normalized spacial score (nSPS) is 10.3. The van der Waals surface area contributed by atoms with Crippen molar-refractivity contribution >= 4 is 17.4 Å². The maximum absolute atomic E-state index is 11.9. The molecule has 5 heteroatoms. The number of carbonyl (C=O) groups excluding carboxylic acids is 1. The van der Waals surface area contributed by atoms with Crippen molar-refractivity contribution in [1.29, 1.82) is 0 Å². The van der Waals surface area contributed by atoms with Crippen LogP contribution in [0.25, 0.3) is 0 Å². The molecule has 1 heterocycles. The number of nitrogens with zero attached hydrogens (tertiary/aromatic N) is 2. The average molecular weight is 258 g/mol. The van der Waals surface area contributed by atoms with E-state index in [1.54, 1.807) is 17.1 Å². The van der Waals surface area contributed by atoms with Gasteiger partial charge in [0.25, 0.3) is 0 Å². The Morgan fingerprint density at radius 2 is 2.11 bits per heavy atom. The number of rotatable bonds is 3. The molecule has 0 radical (unpaired) electrons. The summed E-state index contributed by atoms with van der Waals surface area (Å²) in [7, 11) is 0. The van der Waals surface area contributed by atoms with Gasteiger partial charge < -0.3 is 10.6 Å². The third-order valence-electron chi connectivity index (χ3n) is 2.86. The van der Waals surface area contributed by atoms with E-state index in [1.807, 2.05) is 39.0 Å². The van der Waals surface area contributed by atoms with Crippen LogP contribution < -0.4 is 10.6 Å². The van der Waals surface area contributed by atoms with Gasteiger partial charge in [-0.15, -0.1) is 0 Å². The van der Waals surface area contributed by atoms with E-state index in [1.165, 1.54) is 0 Å². The van der Waals surface area contributed by atoms with Crippen LogP contribution in [0.2, 0.25) is 0 Å². The maximum Gasteiger partial charge on any atom is 0.323 e. The van der Waals surface area contributed by atoms with Crippen LogP contribution in [0.15, 0.2) is 30.6 Å². The molecular weight excluding hydrogens is 240 g/mol. The summed E-state index contributed by atoms with van der Waals surface area (Å²) in [4.78, 5) is 11.9. The van der Waals surface area contributed by atoms with Crippen molar-refractivity contribution in [2.45, 2.75) is 27.3 Å². The van der Waals surface area contributed by atoms with Gasteiger partial charge in [0.15, 0.2) is 0 Å². The van der Waals surface area contributed by atoms with Gasteiger partial charge in [-0.1, -0.05) is 12.1 Å². The molecule has 1 aromatic heterocycles. The van der Waals surface area contributed by atoms with Crippen LogP contribution >= 0.6 is 0 Å². The largest absolute Gasteiger partial charge is 0.323 e. The number of nitrogens with one attached hydrogen (secondary N) is 2. The molecule has 100 valence electrons. The minimum Gasteiger partial charge on any atom is -0.307 e. The SMILES string of the molecule is CCn1cc(NC(=O)Nc2cc(C)ccc2C)cn1. The lowest BCUT2D eigenvalue weighted by atomic mass is 10.1. The lowest BCUT2D eigenvalue weighted by Crippen LogP contribution is -2.19. The van der Waals surface area contributed by atoms with E-state index < -0.39 is 0 Å². The first-order valence-electron chi connectivity index (χ1n) is 6.26. The fourth-order valence-corrected chi connectivity index (χ4v) is 1.76. The molecule has 0 fully saturated rings. The van der Waals surface area contributed by atoms with Crippen LogP contribution in [0.3, 0.4) is 0 Å². The fourth-order valence-electron chi connectivity index (χ4n) is 1.76. The zero-order valence-electron chi connectivity index (χ0n) is 11.4. The third-order valence-corrected chi connectivity index (χ3v) is 2.86. The first-order valence-corrected chi connectivity index (χ1v) is 6.26. The predicted octanol–water partition coefficient (Wildman–Crippen LogP) is 3.16. The van der Waals surface area contributed by atoms with Gasteiger partial charge in [-0.3, -0.25) is 4.68 Å². The highest BCUT2D eigenvalue weighted by atomic mass is 16.2. The number of urea groups is 1. The summed E-state index contributed by atoms with van der Waals surface area (Å²) < 4.78 is 1.76. The van der Waals surface area contributed by atoms with Crippen LogP contribution in [-0.4, -0.2) is 15.8 Å². The van der Waals surface area contributed by atoms with E-state index in [9.17, 15) is 4.79 Å². The summed E-state index contributed by atoms with van der Waals surface area (Å²) in [5, 5.41) is 9.70. The van der Waals surface area contributed by atoms with Crippen molar-refractivity contribution in [2.75, 3.05) is 10.6 Å². The molecule has 0 aliphatic heterocycles. The monoisotopic (exact) mass is 258 g/mol. The van der Waals surface area contributed by atoms with Gasteiger partial charge in [0.05, 0.1) is 11.9 Å². The van der Waals surface area contributed by atoms with Crippen LogP contribution in [0.5, 0.6) is 0 Å². The molecule has 19 heavy (non-hydrogen) atoms. The first-order chi connectivity index (χ1) is 9.08. The Morgan fingerprint density at radius 3 is 2.79 bits per heavy atom. The lowest BCUT2D eigenvalue weighted by Gasteiger charge is -2.09. The Kier molecular flexibility index (Phi) is 3.85. The lowest BCUT2D eigenvalue weighted by molar-refractivity contribution is 0.262. The van der Waals surface area contributed by atoms with E-state index in [2.05, 4.69) is 15.7 Å². The van der Waals surface area contributed by atoms with Gasteiger partial charge in [0.1, 0.15) is 0 Å².